The third kappa shape index (κ3) is 3.38. The summed E-state index contributed by atoms with van der Waals surface area (Å²) in [5.74, 6) is 1.78. The lowest BCUT2D eigenvalue weighted by molar-refractivity contribution is -0.345. The van der Waals surface area contributed by atoms with Gasteiger partial charge in [-0.2, -0.15) is 0 Å². The monoisotopic (exact) mass is 632 g/mol. The maximum atomic E-state index is 10.7. The highest BCUT2D eigenvalue weighted by atomic mass is 16.8. The van der Waals surface area contributed by atoms with Crippen LogP contribution in [0.5, 0.6) is 0 Å². The molecule has 0 amide bonds. The number of rotatable bonds is 2. The molecule has 9 nitrogen and oxygen atoms in total. The highest BCUT2D eigenvalue weighted by Gasteiger charge is 2.85. The molecule has 4 saturated heterocycles. The smallest absolute Gasteiger partial charge is 0.201 e. The molecular weight excluding hydrogens is 576 g/mol. The zero-order valence-corrected chi connectivity index (χ0v) is 28.2. The second kappa shape index (κ2) is 8.86. The minimum Gasteiger partial charge on any atom is -0.388 e. The van der Waals surface area contributed by atoms with Crippen LogP contribution < -0.4 is 0 Å². The van der Waals surface area contributed by atoms with Crippen molar-refractivity contribution in [1.82, 2.24) is 0 Å². The van der Waals surface area contributed by atoms with Crippen LogP contribution in [-0.2, 0) is 23.7 Å². The Labute approximate surface area is 267 Å². The molecule has 0 aromatic carbocycles. The molecule has 45 heavy (non-hydrogen) atoms. The summed E-state index contributed by atoms with van der Waals surface area (Å²) in [6.07, 6.45) is 3.19. The first-order chi connectivity index (χ1) is 21.0. The molecule has 3 spiro atoms. The Kier molecular flexibility index (Phi) is 6.04. The van der Waals surface area contributed by atoms with Gasteiger partial charge in [-0.1, -0.05) is 41.5 Å². The van der Waals surface area contributed by atoms with Crippen LogP contribution in [0.25, 0.3) is 0 Å². The van der Waals surface area contributed by atoms with Crippen LogP contribution in [0.2, 0.25) is 0 Å². The van der Waals surface area contributed by atoms with Crippen molar-refractivity contribution in [2.45, 2.75) is 160 Å². The van der Waals surface area contributed by atoms with Gasteiger partial charge in [-0.3, -0.25) is 0 Å². The van der Waals surface area contributed by atoms with Gasteiger partial charge in [-0.15, -0.1) is 0 Å². The van der Waals surface area contributed by atoms with Crippen LogP contribution in [0.3, 0.4) is 0 Å². The molecule has 9 aliphatic rings. The van der Waals surface area contributed by atoms with Crippen molar-refractivity contribution in [3.63, 3.8) is 0 Å². The normalized spacial score (nSPS) is 66.9. The number of hydrogen-bond acceptors (Lipinski definition) is 9. The molecule has 11 unspecified atom stereocenters. The van der Waals surface area contributed by atoms with Crippen LogP contribution in [0.1, 0.15) is 99.8 Å². The van der Waals surface area contributed by atoms with Crippen LogP contribution >= 0.6 is 0 Å². The van der Waals surface area contributed by atoms with E-state index in [1.807, 2.05) is 6.92 Å². The molecule has 19 atom stereocenters. The van der Waals surface area contributed by atoms with Crippen LogP contribution in [0, 0.1) is 56.7 Å². The van der Waals surface area contributed by atoms with Gasteiger partial charge in [0.1, 0.15) is 30.0 Å². The van der Waals surface area contributed by atoms with E-state index in [2.05, 4.69) is 41.5 Å². The minimum atomic E-state index is -1.26. The first kappa shape index (κ1) is 30.7. The number of ether oxygens (including phenoxy) is 5. The number of hydrogen-bond donors (Lipinski definition) is 4. The average molecular weight is 633 g/mol. The molecule has 4 N–H and O–H groups in total. The van der Waals surface area contributed by atoms with Gasteiger partial charge < -0.3 is 44.1 Å². The van der Waals surface area contributed by atoms with Gasteiger partial charge in [0.05, 0.1) is 18.8 Å². The Morgan fingerprint density at radius 1 is 0.778 bits per heavy atom. The Bertz CT molecular complexity index is 1280. The van der Waals surface area contributed by atoms with Crippen molar-refractivity contribution >= 4 is 0 Å². The molecule has 4 aliphatic heterocycles. The molecule has 254 valence electrons. The lowest BCUT2D eigenvalue weighted by Gasteiger charge is -2.65. The molecule has 0 aromatic heterocycles. The standard InChI is InChI=1S/C36H56O9/c1-17-12-36(28-33(7,44-28)29(40)45-36)43-20-14-31(5)22-9-8-21-30(3,4)23(42-27-26(39)25(38)19(37)15-41-27)10-11-34(21)16-35(22,34)13-18(2)32(31,6)24(17)20/h17-29,37-40H,8-16H2,1-7H3/t17?,18-,19?,20+,21?,22?,23?,24?,25?,26?,27?,28+,29-,31+,32-,33+,34?,35+,36?/m1/s1. The number of aliphatic hydroxyl groups is 4. The Morgan fingerprint density at radius 2 is 1.51 bits per heavy atom. The topological polar surface area (TPSA) is 130 Å². The van der Waals surface area contributed by atoms with Gasteiger partial charge in [-0.05, 0) is 109 Å². The van der Waals surface area contributed by atoms with E-state index < -0.39 is 42.3 Å². The summed E-state index contributed by atoms with van der Waals surface area (Å²) in [5, 5.41) is 41.6. The molecule has 0 bridgehead atoms. The fraction of sp³-hybridized carbons (Fsp3) is 1.00. The second-order valence-corrected chi connectivity index (χ2v) is 18.7. The van der Waals surface area contributed by atoms with E-state index in [1.165, 1.54) is 25.7 Å². The van der Waals surface area contributed by atoms with E-state index in [0.717, 1.165) is 25.7 Å². The first-order valence-electron chi connectivity index (χ1n) is 18.0. The molecule has 5 aliphatic carbocycles. The summed E-state index contributed by atoms with van der Waals surface area (Å²) >= 11 is 0. The first-order valence-corrected chi connectivity index (χ1v) is 18.0. The van der Waals surface area contributed by atoms with Gasteiger partial charge in [0, 0.05) is 6.42 Å². The van der Waals surface area contributed by atoms with E-state index >= 15 is 0 Å². The SMILES string of the molecule is CC1CC2(O[C@H]3C[C@@]4(C)C5CCC6C(C)(C)C(OC7OCC(O)C(O)C7O)CCC67C[C@@]57C[C@@H](C)[C@]4(C)C13)O[C@@H](O)[C@@]1(C)O[C@H]21. The number of aliphatic hydroxyl groups excluding tert-OH is 4. The van der Waals surface area contributed by atoms with Crippen molar-refractivity contribution in [3.8, 4) is 0 Å². The van der Waals surface area contributed by atoms with Crippen molar-refractivity contribution in [2.75, 3.05) is 6.61 Å². The van der Waals surface area contributed by atoms with Gasteiger partial charge >= 0.3 is 0 Å². The molecular formula is C36H56O9. The molecule has 9 heteroatoms. The van der Waals surface area contributed by atoms with E-state index in [1.54, 1.807) is 0 Å². The molecule has 9 rings (SSSR count). The highest BCUT2D eigenvalue weighted by molar-refractivity contribution is 5.33. The van der Waals surface area contributed by atoms with Crippen molar-refractivity contribution < 1.29 is 44.1 Å². The van der Waals surface area contributed by atoms with E-state index in [4.69, 9.17) is 23.7 Å². The third-order valence-electron chi connectivity index (χ3n) is 16.9. The van der Waals surface area contributed by atoms with Crippen molar-refractivity contribution in [1.29, 1.82) is 0 Å². The maximum absolute atomic E-state index is 10.7. The maximum Gasteiger partial charge on any atom is 0.201 e. The summed E-state index contributed by atoms with van der Waals surface area (Å²) in [7, 11) is 0. The van der Waals surface area contributed by atoms with Crippen LogP contribution in [-0.4, -0.2) is 87.6 Å². The van der Waals surface area contributed by atoms with Crippen molar-refractivity contribution in [3.05, 3.63) is 0 Å². The summed E-state index contributed by atoms with van der Waals surface area (Å²) < 4.78 is 31.5. The van der Waals surface area contributed by atoms with Gasteiger partial charge in [0.15, 0.2) is 12.6 Å². The molecule has 5 saturated carbocycles. The van der Waals surface area contributed by atoms with E-state index in [0.29, 0.717) is 40.4 Å². The number of epoxide rings is 1. The van der Waals surface area contributed by atoms with Crippen LogP contribution in [0.15, 0.2) is 0 Å². The van der Waals surface area contributed by atoms with Gasteiger partial charge in [0.25, 0.3) is 0 Å². The Balaban J connectivity index is 0.995. The zero-order valence-electron chi connectivity index (χ0n) is 28.2. The lowest BCUT2D eigenvalue weighted by atomic mass is 9.39. The predicted octanol–water partition coefficient (Wildman–Crippen LogP) is 3.73. The predicted molar refractivity (Wildman–Crippen MR) is 161 cm³/mol. The zero-order chi connectivity index (χ0) is 31.9. The largest absolute Gasteiger partial charge is 0.388 e. The second-order valence-electron chi connectivity index (χ2n) is 18.7. The number of fused-ring (bicyclic) bond motifs is 6. The van der Waals surface area contributed by atoms with Crippen LogP contribution in [0.4, 0.5) is 0 Å². The summed E-state index contributed by atoms with van der Waals surface area (Å²) in [6.45, 7) is 16.8. The minimum absolute atomic E-state index is 0.0332. The molecule has 0 radical (unpaired) electrons. The van der Waals surface area contributed by atoms with E-state index in [9.17, 15) is 20.4 Å². The third-order valence-corrected chi connectivity index (χ3v) is 16.9. The highest BCUT2D eigenvalue weighted by Crippen LogP contribution is 2.90. The summed E-state index contributed by atoms with van der Waals surface area (Å²) in [5.41, 5.74) is 0.203. The fourth-order valence-corrected chi connectivity index (χ4v) is 14.8. The fourth-order valence-electron chi connectivity index (χ4n) is 14.8. The summed E-state index contributed by atoms with van der Waals surface area (Å²) in [6, 6.07) is 0. The molecule has 9 fully saturated rings. The van der Waals surface area contributed by atoms with Crippen molar-refractivity contribution in [2.24, 2.45) is 56.7 Å². The van der Waals surface area contributed by atoms with Gasteiger partial charge in [-0.25, -0.2) is 0 Å². The molecule has 0 aromatic rings. The quantitative estimate of drug-likeness (QED) is 0.266. The summed E-state index contributed by atoms with van der Waals surface area (Å²) in [4.78, 5) is 0. The average Bonchev–Trinajstić information content (AvgIpc) is 3.80. The van der Waals surface area contributed by atoms with Gasteiger partial charge in [0.2, 0.25) is 5.79 Å². The lowest BCUT2D eigenvalue weighted by Crippen LogP contribution is -2.61. The molecule has 4 heterocycles. The Morgan fingerprint density at radius 3 is 2.20 bits per heavy atom. The Hall–Kier alpha value is -0.360. The van der Waals surface area contributed by atoms with E-state index in [-0.39, 0.29) is 41.2 Å².